The SMILES string of the molecule is [C-]#[N+]c1cccc(Oc2nc3nc(N4CCCCC4)n(CC#CC)c3c(=O)n2C)c1. The Hall–Kier alpha value is -3.78. The number of piperidine rings is 1. The molecule has 1 aliphatic rings. The number of benzene rings is 1. The van der Waals surface area contributed by atoms with Crippen LogP contribution in [0.15, 0.2) is 29.1 Å². The van der Waals surface area contributed by atoms with Crippen LogP contribution in [0.4, 0.5) is 11.6 Å². The molecule has 0 saturated carbocycles. The molecule has 8 nitrogen and oxygen atoms in total. The molecule has 0 spiro atoms. The average Bonchev–Trinajstić information content (AvgIpc) is 3.15. The van der Waals surface area contributed by atoms with E-state index in [2.05, 4.69) is 26.6 Å². The Bertz CT molecular complexity index is 1250. The fourth-order valence-corrected chi connectivity index (χ4v) is 3.59. The smallest absolute Gasteiger partial charge is 0.306 e. The van der Waals surface area contributed by atoms with E-state index in [0.29, 0.717) is 29.1 Å². The first-order chi connectivity index (χ1) is 14.6. The molecule has 0 aliphatic carbocycles. The van der Waals surface area contributed by atoms with Gasteiger partial charge in [0, 0.05) is 20.1 Å². The van der Waals surface area contributed by atoms with Crippen molar-refractivity contribution in [2.24, 2.45) is 7.05 Å². The van der Waals surface area contributed by atoms with E-state index in [9.17, 15) is 4.79 Å². The van der Waals surface area contributed by atoms with Crippen LogP contribution in [-0.2, 0) is 13.6 Å². The summed E-state index contributed by atoms with van der Waals surface area (Å²) in [6.45, 7) is 11.1. The van der Waals surface area contributed by atoms with Crippen molar-refractivity contribution in [3.8, 4) is 23.6 Å². The predicted octanol–water partition coefficient (Wildman–Crippen LogP) is 3.49. The third-order valence-electron chi connectivity index (χ3n) is 5.13. The summed E-state index contributed by atoms with van der Waals surface area (Å²) in [4.78, 5) is 28.0. The van der Waals surface area contributed by atoms with Gasteiger partial charge in [-0.3, -0.25) is 13.9 Å². The lowest BCUT2D eigenvalue weighted by Gasteiger charge is -2.27. The molecule has 0 amide bonds. The molecule has 8 heteroatoms. The number of ether oxygens (including phenoxy) is 1. The summed E-state index contributed by atoms with van der Waals surface area (Å²) in [6.07, 6.45) is 3.40. The van der Waals surface area contributed by atoms with Gasteiger partial charge < -0.3 is 9.64 Å². The van der Waals surface area contributed by atoms with Crippen LogP contribution in [0.5, 0.6) is 11.8 Å². The monoisotopic (exact) mass is 402 g/mol. The molecular formula is C22H22N6O2. The van der Waals surface area contributed by atoms with Gasteiger partial charge in [-0.1, -0.05) is 18.1 Å². The zero-order valence-electron chi connectivity index (χ0n) is 17.1. The Balaban J connectivity index is 1.83. The lowest BCUT2D eigenvalue weighted by Crippen LogP contribution is -2.32. The third kappa shape index (κ3) is 3.60. The van der Waals surface area contributed by atoms with Crippen LogP contribution in [0.2, 0.25) is 0 Å². The summed E-state index contributed by atoms with van der Waals surface area (Å²) in [7, 11) is 1.62. The predicted molar refractivity (Wildman–Crippen MR) is 115 cm³/mol. The summed E-state index contributed by atoms with van der Waals surface area (Å²) in [5.41, 5.74) is 0.967. The molecule has 0 N–H and O–H groups in total. The quantitative estimate of drug-likeness (QED) is 0.494. The van der Waals surface area contributed by atoms with Crippen molar-refractivity contribution in [2.45, 2.75) is 32.7 Å². The van der Waals surface area contributed by atoms with Crippen LogP contribution < -0.4 is 15.2 Å². The van der Waals surface area contributed by atoms with Crippen molar-refractivity contribution in [3.63, 3.8) is 0 Å². The lowest BCUT2D eigenvalue weighted by molar-refractivity contribution is 0.415. The fraction of sp³-hybridized carbons (Fsp3) is 0.364. The molecule has 152 valence electrons. The number of aromatic nitrogens is 4. The van der Waals surface area contributed by atoms with Crippen LogP contribution in [0.1, 0.15) is 26.2 Å². The first-order valence-electron chi connectivity index (χ1n) is 9.89. The van der Waals surface area contributed by atoms with Crippen molar-refractivity contribution in [3.05, 3.63) is 46.0 Å². The van der Waals surface area contributed by atoms with Crippen LogP contribution in [0, 0.1) is 18.4 Å². The lowest BCUT2D eigenvalue weighted by atomic mass is 10.1. The highest BCUT2D eigenvalue weighted by molar-refractivity contribution is 5.75. The van der Waals surface area contributed by atoms with E-state index in [4.69, 9.17) is 16.3 Å². The Morgan fingerprint density at radius 2 is 2.03 bits per heavy atom. The zero-order chi connectivity index (χ0) is 21.1. The van der Waals surface area contributed by atoms with Crippen LogP contribution in [0.25, 0.3) is 16.0 Å². The van der Waals surface area contributed by atoms with Gasteiger partial charge in [-0.2, -0.15) is 9.97 Å². The molecule has 0 radical (unpaired) electrons. The molecule has 30 heavy (non-hydrogen) atoms. The molecule has 1 aliphatic heterocycles. The average molecular weight is 402 g/mol. The maximum absolute atomic E-state index is 13.2. The number of hydrogen-bond acceptors (Lipinski definition) is 5. The normalized spacial score (nSPS) is 13.6. The van der Waals surface area contributed by atoms with Crippen LogP contribution in [-0.4, -0.2) is 32.2 Å². The van der Waals surface area contributed by atoms with Gasteiger partial charge in [0.1, 0.15) is 5.75 Å². The standard InChI is InChI=1S/C22H22N6O2/c1-4-5-14-28-18-19(24-21(28)27-12-7-6-8-13-27)25-22(26(3)20(18)29)30-17-11-9-10-16(15-17)23-2/h9-11,15H,6-8,12-14H2,1,3H3. The molecule has 4 rings (SSSR count). The second-order valence-corrected chi connectivity index (χ2v) is 7.11. The van der Waals surface area contributed by atoms with Crippen molar-refractivity contribution in [1.29, 1.82) is 0 Å². The number of fused-ring (bicyclic) bond motifs is 1. The maximum Gasteiger partial charge on any atom is 0.306 e. The Labute approximate surface area is 174 Å². The highest BCUT2D eigenvalue weighted by Crippen LogP contribution is 2.27. The molecule has 0 atom stereocenters. The first-order valence-corrected chi connectivity index (χ1v) is 9.89. The number of rotatable bonds is 4. The van der Waals surface area contributed by atoms with E-state index in [-0.39, 0.29) is 11.6 Å². The van der Waals surface area contributed by atoms with E-state index < -0.39 is 0 Å². The van der Waals surface area contributed by atoms with Crippen molar-refractivity contribution >= 4 is 22.8 Å². The topological polar surface area (TPSA) is 69.5 Å². The Morgan fingerprint density at radius 3 is 2.77 bits per heavy atom. The Kier molecular flexibility index (Phi) is 5.40. The molecular weight excluding hydrogens is 380 g/mol. The molecule has 2 aromatic heterocycles. The highest BCUT2D eigenvalue weighted by Gasteiger charge is 2.23. The molecule has 3 heterocycles. The maximum atomic E-state index is 13.2. The number of nitrogens with zero attached hydrogens (tertiary/aromatic N) is 6. The van der Waals surface area contributed by atoms with Gasteiger partial charge in [0.25, 0.3) is 5.56 Å². The molecule has 0 unspecified atom stereocenters. The van der Waals surface area contributed by atoms with Gasteiger partial charge in [-0.05, 0) is 38.3 Å². The second kappa shape index (κ2) is 8.30. The zero-order valence-corrected chi connectivity index (χ0v) is 17.1. The minimum absolute atomic E-state index is 0.131. The molecule has 1 fully saturated rings. The summed E-state index contributed by atoms with van der Waals surface area (Å²) < 4.78 is 9.06. The van der Waals surface area contributed by atoms with E-state index in [1.54, 1.807) is 38.2 Å². The summed E-state index contributed by atoms with van der Waals surface area (Å²) in [6, 6.07) is 6.88. The van der Waals surface area contributed by atoms with Gasteiger partial charge >= 0.3 is 6.01 Å². The van der Waals surface area contributed by atoms with E-state index in [0.717, 1.165) is 31.9 Å². The van der Waals surface area contributed by atoms with Crippen LogP contribution >= 0.6 is 0 Å². The van der Waals surface area contributed by atoms with Crippen molar-refractivity contribution in [1.82, 2.24) is 19.1 Å². The van der Waals surface area contributed by atoms with E-state index >= 15 is 0 Å². The number of anilines is 1. The van der Waals surface area contributed by atoms with E-state index in [1.807, 2.05) is 4.57 Å². The van der Waals surface area contributed by atoms with Gasteiger partial charge in [0.2, 0.25) is 5.95 Å². The number of hydrogen-bond donors (Lipinski definition) is 0. The van der Waals surface area contributed by atoms with Gasteiger partial charge in [0.15, 0.2) is 16.9 Å². The Morgan fingerprint density at radius 1 is 1.23 bits per heavy atom. The molecule has 1 saturated heterocycles. The summed E-state index contributed by atoms with van der Waals surface area (Å²) in [5.74, 6) is 7.11. The minimum Gasteiger partial charge on any atom is -0.427 e. The fourth-order valence-electron chi connectivity index (χ4n) is 3.59. The second-order valence-electron chi connectivity index (χ2n) is 7.11. The van der Waals surface area contributed by atoms with Crippen molar-refractivity contribution in [2.75, 3.05) is 18.0 Å². The van der Waals surface area contributed by atoms with E-state index in [1.165, 1.54) is 11.0 Å². The van der Waals surface area contributed by atoms with Crippen LogP contribution in [0.3, 0.4) is 0 Å². The number of imidazole rings is 1. The molecule has 1 aromatic carbocycles. The molecule has 3 aromatic rings. The third-order valence-corrected chi connectivity index (χ3v) is 5.13. The first kappa shape index (κ1) is 19.5. The highest BCUT2D eigenvalue weighted by atomic mass is 16.5. The van der Waals surface area contributed by atoms with Gasteiger partial charge in [-0.15, -0.1) is 5.92 Å². The van der Waals surface area contributed by atoms with Gasteiger partial charge in [-0.25, -0.2) is 4.85 Å². The summed E-state index contributed by atoms with van der Waals surface area (Å²) >= 11 is 0. The molecule has 0 bridgehead atoms. The van der Waals surface area contributed by atoms with Crippen molar-refractivity contribution < 1.29 is 4.74 Å². The summed E-state index contributed by atoms with van der Waals surface area (Å²) in [5, 5.41) is 0. The minimum atomic E-state index is -0.245. The largest absolute Gasteiger partial charge is 0.427 e. The van der Waals surface area contributed by atoms with Gasteiger partial charge in [0.05, 0.1) is 13.1 Å².